The van der Waals surface area contributed by atoms with Gasteiger partial charge in [0.25, 0.3) is 0 Å². The Kier molecular flexibility index (Phi) is 2.41. The Bertz CT molecular complexity index is 433. The first-order valence-corrected chi connectivity index (χ1v) is 4.99. The van der Waals surface area contributed by atoms with Crippen molar-refractivity contribution in [2.24, 2.45) is 0 Å². The number of thiophene rings is 1. The van der Waals surface area contributed by atoms with E-state index in [0.717, 1.165) is 9.75 Å². The van der Waals surface area contributed by atoms with Gasteiger partial charge in [-0.3, -0.25) is 4.79 Å². The van der Waals surface area contributed by atoms with Crippen molar-refractivity contribution >= 4 is 17.1 Å². The molecule has 0 saturated heterocycles. The summed E-state index contributed by atoms with van der Waals surface area (Å²) in [6.45, 7) is 2.25. The molecule has 0 aliphatic heterocycles. The summed E-state index contributed by atoms with van der Waals surface area (Å²) >= 11 is 1.51. The molecule has 14 heavy (non-hydrogen) atoms. The van der Waals surface area contributed by atoms with Crippen LogP contribution in [-0.4, -0.2) is 20.5 Å². The molecule has 0 aliphatic rings. The second-order valence-corrected chi connectivity index (χ2v) is 4.21. The van der Waals surface area contributed by atoms with Crippen LogP contribution < -0.4 is 0 Å². The number of nitrogens with zero attached hydrogens (tertiary/aromatic N) is 3. The van der Waals surface area contributed by atoms with Crippen molar-refractivity contribution in [1.29, 1.82) is 0 Å². The van der Waals surface area contributed by atoms with Crippen LogP contribution in [0.2, 0.25) is 0 Å². The normalized spacial score (nSPS) is 10.4. The van der Waals surface area contributed by atoms with Crippen LogP contribution in [0, 0.1) is 6.92 Å². The fourth-order valence-corrected chi connectivity index (χ4v) is 1.92. The highest BCUT2D eigenvalue weighted by atomic mass is 32.1. The highest BCUT2D eigenvalue weighted by Gasteiger charge is 2.08. The molecule has 0 amide bonds. The molecule has 0 aliphatic carbocycles. The lowest BCUT2D eigenvalue weighted by Gasteiger charge is -1.96. The van der Waals surface area contributed by atoms with E-state index in [0.29, 0.717) is 0 Å². The third-order valence-electron chi connectivity index (χ3n) is 1.79. The van der Waals surface area contributed by atoms with E-state index in [2.05, 4.69) is 10.1 Å². The average molecular weight is 207 g/mol. The van der Waals surface area contributed by atoms with Gasteiger partial charge in [-0.1, -0.05) is 0 Å². The molecule has 2 aromatic heterocycles. The first-order valence-electron chi connectivity index (χ1n) is 4.18. The number of ketones is 1. The molecule has 0 saturated carbocycles. The van der Waals surface area contributed by atoms with Gasteiger partial charge in [-0.2, -0.15) is 5.10 Å². The zero-order valence-electron chi connectivity index (χ0n) is 7.67. The monoisotopic (exact) mass is 207 g/mol. The van der Waals surface area contributed by atoms with Gasteiger partial charge in [0.2, 0.25) is 0 Å². The van der Waals surface area contributed by atoms with Crippen LogP contribution in [0.15, 0.2) is 24.8 Å². The predicted molar refractivity (Wildman–Crippen MR) is 53.4 cm³/mol. The van der Waals surface area contributed by atoms with Gasteiger partial charge in [0, 0.05) is 4.88 Å². The highest BCUT2D eigenvalue weighted by molar-refractivity contribution is 7.14. The lowest BCUT2D eigenvalue weighted by Crippen LogP contribution is -2.09. The minimum absolute atomic E-state index is 0.0774. The van der Waals surface area contributed by atoms with E-state index in [9.17, 15) is 4.79 Å². The summed E-state index contributed by atoms with van der Waals surface area (Å²) in [5.74, 6) is 0.0774. The Hall–Kier alpha value is -1.49. The van der Waals surface area contributed by atoms with E-state index in [-0.39, 0.29) is 12.3 Å². The zero-order chi connectivity index (χ0) is 9.97. The van der Waals surface area contributed by atoms with Crippen LogP contribution in [0.1, 0.15) is 14.5 Å². The minimum Gasteiger partial charge on any atom is -0.291 e. The van der Waals surface area contributed by atoms with E-state index in [1.54, 1.807) is 6.33 Å². The van der Waals surface area contributed by atoms with Crippen LogP contribution in [0.4, 0.5) is 0 Å². The number of aromatic nitrogens is 3. The maximum atomic E-state index is 11.6. The van der Waals surface area contributed by atoms with E-state index in [1.807, 2.05) is 19.1 Å². The first kappa shape index (κ1) is 9.08. The van der Waals surface area contributed by atoms with E-state index in [1.165, 1.54) is 22.3 Å². The molecule has 5 heteroatoms. The minimum atomic E-state index is 0.0774. The van der Waals surface area contributed by atoms with Crippen molar-refractivity contribution in [3.8, 4) is 0 Å². The second-order valence-electron chi connectivity index (χ2n) is 2.93. The lowest BCUT2D eigenvalue weighted by molar-refractivity contribution is 0.0971. The van der Waals surface area contributed by atoms with Crippen LogP contribution in [0.3, 0.4) is 0 Å². The molecule has 0 N–H and O–H groups in total. The quantitative estimate of drug-likeness (QED) is 0.717. The third kappa shape index (κ3) is 1.88. The van der Waals surface area contributed by atoms with Crippen LogP contribution in [0.25, 0.3) is 0 Å². The Morgan fingerprint density at radius 2 is 2.43 bits per heavy atom. The Morgan fingerprint density at radius 3 is 3.00 bits per heavy atom. The van der Waals surface area contributed by atoms with Crippen LogP contribution in [-0.2, 0) is 6.54 Å². The smallest absolute Gasteiger partial charge is 0.194 e. The number of carbonyl (C=O) groups excluding carboxylic acids is 1. The van der Waals surface area contributed by atoms with Crippen LogP contribution in [0.5, 0.6) is 0 Å². The molecule has 72 valence electrons. The third-order valence-corrected chi connectivity index (χ3v) is 2.83. The standard InChI is InChI=1S/C9H9N3OS/c1-7-2-3-9(14-7)8(13)4-12-6-10-5-11-12/h2-3,5-6H,4H2,1H3. The van der Waals surface area contributed by atoms with Crippen molar-refractivity contribution in [2.45, 2.75) is 13.5 Å². The van der Waals surface area contributed by atoms with Crippen molar-refractivity contribution in [3.63, 3.8) is 0 Å². The lowest BCUT2D eigenvalue weighted by atomic mass is 10.3. The summed E-state index contributed by atoms with van der Waals surface area (Å²) in [4.78, 5) is 17.3. The molecule has 0 spiro atoms. The number of carbonyl (C=O) groups is 1. The van der Waals surface area contributed by atoms with Gasteiger partial charge in [-0.15, -0.1) is 11.3 Å². The van der Waals surface area contributed by atoms with Gasteiger partial charge in [0.15, 0.2) is 5.78 Å². The summed E-state index contributed by atoms with van der Waals surface area (Å²) in [5.41, 5.74) is 0. The summed E-state index contributed by atoms with van der Waals surface area (Å²) in [5, 5.41) is 3.88. The van der Waals surface area contributed by atoms with Crippen molar-refractivity contribution in [2.75, 3.05) is 0 Å². The summed E-state index contributed by atoms with van der Waals surface area (Å²) in [6, 6.07) is 3.79. The topological polar surface area (TPSA) is 47.8 Å². The van der Waals surface area contributed by atoms with Gasteiger partial charge in [-0.25, -0.2) is 9.67 Å². The number of Topliss-reactive ketones (excluding diaryl/α,β-unsaturated/α-hetero) is 1. The SMILES string of the molecule is Cc1ccc(C(=O)Cn2cncn2)s1. The molecule has 2 rings (SSSR count). The van der Waals surface area contributed by atoms with Gasteiger partial charge >= 0.3 is 0 Å². The highest BCUT2D eigenvalue weighted by Crippen LogP contribution is 2.15. The van der Waals surface area contributed by atoms with Crippen molar-refractivity contribution in [1.82, 2.24) is 14.8 Å². The predicted octanol–water partition coefficient (Wildman–Crippen LogP) is 1.53. The van der Waals surface area contributed by atoms with E-state index >= 15 is 0 Å². The van der Waals surface area contributed by atoms with Crippen molar-refractivity contribution < 1.29 is 4.79 Å². The molecule has 0 fully saturated rings. The Morgan fingerprint density at radius 1 is 1.57 bits per heavy atom. The molecule has 2 heterocycles. The number of rotatable bonds is 3. The summed E-state index contributed by atoms with van der Waals surface area (Å²) in [6.07, 6.45) is 2.96. The number of hydrogen-bond donors (Lipinski definition) is 0. The molecule has 0 aromatic carbocycles. The Labute approximate surface area is 85.2 Å². The molecule has 2 aromatic rings. The molecule has 0 radical (unpaired) electrons. The molecule has 0 atom stereocenters. The largest absolute Gasteiger partial charge is 0.291 e. The maximum Gasteiger partial charge on any atom is 0.194 e. The van der Waals surface area contributed by atoms with E-state index in [4.69, 9.17) is 0 Å². The summed E-state index contributed by atoms with van der Waals surface area (Å²) in [7, 11) is 0. The fourth-order valence-electron chi connectivity index (χ4n) is 1.12. The second kappa shape index (κ2) is 3.71. The molecule has 4 nitrogen and oxygen atoms in total. The number of hydrogen-bond acceptors (Lipinski definition) is 4. The van der Waals surface area contributed by atoms with E-state index < -0.39 is 0 Å². The van der Waals surface area contributed by atoms with Gasteiger partial charge < -0.3 is 0 Å². The molecular formula is C9H9N3OS. The molecule has 0 bridgehead atoms. The maximum absolute atomic E-state index is 11.6. The summed E-state index contributed by atoms with van der Waals surface area (Å²) < 4.78 is 1.53. The molecular weight excluding hydrogens is 198 g/mol. The van der Waals surface area contributed by atoms with Crippen LogP contribution >= 0.6 is 11.3 Å². The average Bonchev–Trinajstić information content (AvgIpc) is 2.75. The number of aryl methyl sites for hydroxylation is 1. The molecule has 0 unspecified atom stereocenters. The van der Waals surface area contributed by atoms with Gasteiger partial charge in [0.05, 0.1) is 4.88 Å². The Balaban J connectivity index is 2.10. The fraction of sp³-hybridized carbons (Fsp3) is 0.222. The first-order chi connectivity index (χ1) is 6.75. The van der Waals surface area contributed by atoms with Gasteiger partial charge in [0.1, 0.15) is 19.2 Å². The zero-order valence-corrected chi connectivity index (χ0v) is 8.49. The van der Waals surface area contributed by atoms with Crippen molar-refractivity contribution in [3.05, 3.63) is 34.5 Å². The van der Waals surface area contributed by atoms with Gasteiger partial charge in [-0.05, 0) is 19.1 Å².